The van der Waals surface area contributed by atoms with Gasteiger partial charge in [-0.1, -0.05) is 12.1 Å². The summed E-state index contributed by atoms with van der Waals surface area (Å²) < 4.78 is 24.3. The van der Waals surface area contributed by atoms with E-state index >= 15 is 0 Å². The number of ether oxygens (including phenoxy) is 2. The monoisotopic (exact) mass is 260 g/mol. The fourth-order valence-corrected chi connectivity index (χ4v) is 2.12. The van der Waals surface area contributed by atoms with Gasteiger partial charge in [0.05, 0.1) is 12.2 Å². The summed E-state index contributed by atoms with van der Waals surface area (Å²) in [6.07, 6.45) is 2.70. The van der Waals surface area contributed by atoms with Gasteiger partial charge in [0.1, 0.15) is 19.0 Å². The molecule has 0 fully saturated rings. The molecule has 0 saturated heterocycles. The van der Waals surface area contributed by atoms with E-state index in [4.69, 9.17) is 15.2 Å². The highest BCUT2D eigenvalue weighted by atomic mass is 19.1. The smallest absolute Gasteiger partial charge is 0.166 e. The molecule has 2 aromatic rings. The Labute approximate surface area is 110 Å². The zero-order valence-electron chi connectivity index (χ0n) is 10.2. The second kappa shape index (κ2) is 4.85. The SMILES string of the molecule is NC(c1cncc(F)c1)c1cccc2c1OCCO2. The number of pyridine rings is 1. The number of nitrogens with two attached hydrogens (primary N) is 1. The summed E-state index contributed by atoms with van der Waals surface area (Å²) in [6.45, 7) is 1.01. The molecule has 0 spiro atoms. The topological polar surface area (TPSA) is 57.4 Å². The third kappa shape index (κ3) is 2.24. The van der Waals surface area contributed by atoms with E-state index < -0.39 is 11.9 Å². The van der Waals surface area contributed by atoms with E-state index in [1.807, 2.05) is 18.2 Å². The van der Waals surface area contributed by atoms with Crippen LogP contribution in [-0.4, -0.2) is 18.2 Å². The van der Waals surface area contributed by atoms with Crippen LogP contribution in [0.2, 0.25) is 0 Å². The van der Waals surface area contributed by atoms with Crippen molar-refractivity contribution < 1.29 is 13.9 Å². The lowest BCUT2D eigenvalue weighted by Crippen LogP contribution is -2.20. The molecule has 1 aromatic carbocycles. The van der Waals surface area contributed by atoms with Crippen LogP contribution in [0.3, 0.4) is 0 Å². The van der Waals surface area contributed by atoms with Crippen LogP contribution in [-0.2, 0) is 0 Å². The summed E-state index contributed by atoms with van der Waals surface area (Å²) >= 11 is 0. The van der Waals surface area contributed by atoms with Crippen molar-refractivity contribution in [2.45, 2.75) is 6.04 Å². The number of halogens is 1. The van der Waals surface area contributed by atoms with Gasteiger partial charge in [-0.25, -0.2) is 4.39 Å². The molecular weight excluding hydrogens is 247 g/mol. The number of nitrogens with zero attached hydrogens (tertiary/aromatic N) is 1. The molecule has 1 unspecified atom stereocenters. The van der Waals surface area contributed by atoms with Gasteiger partial charge in [0, 0.05) is 11.8 Å². The molecule has 1 atom stereocenters. The van der Waals surface area contributed by atoms with Crippen LogP contribution in [0, 0.1) is 5.82 Å². The van der Waals surface area contributed by atoms with Crippen molar-refractivity contribution in [3.8, 4) is 11.5 Å². The maximum absolute atomic E-state index is 13.2. The fraction of sp³-hybridized carbons (Fsp3) is 0.214. The Morgan fingerprint density at radius 1 is 1.21 bits per heavy atom. The fourth-order valence-electron chi connectivity index (χ4n) is 2.12. The number of hydrogen-bond donors (Lipinski definition) is 1. The van der Waals surface area contributed by atoms with Crippen LogP contribution in [0.1, 0.15) is 17.2 Å². The van der Waals surface area contributed by atoms with Crippen molar-refractivity contribution in [2.24, 2.45) is 5.73 Å². The van der Waals surface area contributed by atoms with Crippen molar-refractivity contribution in [1.82, 2.24) is 4.98 Å². The molecule has 98 valence electrons. The van der Waals surface area contributed by atoms with E-state index in [0.717, 1.165) is 11.8 Å². The largest absolute Gasteiger partial charge is 0.486 e. The summed E-state index contributed by atoms with van der Waals surface area (Å²) in [5, 5.41) is 0. The standard InChI is InChI=1S/C14H13FN2O2/c15-10-6-9(7-17-8-10)13(16)11-2-1-3-12-14(11)19-5-4-18-12/h1-3,6-8,13H,4-5,16H2. The first-order valence-corrected chi connectivity index (χ1v) is 6.00. The van der Waals surface area contributed by atoms with Gasteiger partial charge in [-0.2, -0.15) is 0 Å². The highest BCUT2D eigenvalue weighted by Crippen LogP contribution is 2.37. The number of rotatable bonds is 2. The van der Waals surface area contributed by atoms with Gasteiger partial charge in [-0.15, -0.1) is 0 Å². The predicted molar refractivity (Wildman–Crippen MR) is 67.7 cm³/mol. The lowest BCUT2D eigenvalue weighted by molar-refractivity contribution is 0.169. The van der Waals surface area contributed by atoms with E-state index in [9.17, 15) is 4.39 Å². The average molecular weight is 260 g/mol. The molecule has 1 aliphatic rings. The van der Waals surface area contributed by atoms with Gasteiger partial charge < -0.3 is 15.2 Å². The Hall–Kier alpha value is -2.14. The second-order valence-electron chi connectivity index (χ2n) is 4.29. The van der Waals surface area contributed by atoms with Crippen LogP contribution in [0.25, 0.3) is 0 Å². The lowest BCUT2D eigenvalue weighted by atomic mass is 9.99. The van der Waals surface area contributed by atoms with Crippen LogP contribution < -0.4 is 15.2 Å². The van der Waals surface area contributed by atoms with Crippen molar-refractivity contribution in [2.75, 3.05) is 13.2 Å². The molecule has 3 rings (SSSR count). The second-order valence-corrected chi connectivity index (χ2v) is 4.29. The van der Waals surface area contributed by atoms with Crippen LogP contribution in [0.4, 0.5) is 4.39 Å². The minimum atomic E-state index is -0.500. The Kier molecular flexibility index (Phi) is 3.05. The molecule has 0 amide bonds. The summed E-state index contributed by atoms with van der Waals surface area (Å²) in [7, 11) is 0. The van der Waals surface area contributed by atoms with Crippen LogP contribution in [0.15, 0.2) is 36.7 Å². The molecule has 0 bridgehead atoms. The van der Waals surface area contributed by atoms with E-state index in [1.54, 1.807) is 6.20 Å². The maximum atomic E-state index is 13.2. The molecular formula is C14H13FN2O2. The lowest BCUT2D eigenvalue weighted by Gasteiger charge is -2.23. The van der Waals surface area contributed by atoms with Crippen molar-refractivity contribution >= 4 is 0 Å². The summed E-state index contributed by atoms with van der Waals surface area (Å²) in [5.74, 6) is 0.893. The van der Waals surface area contributed by atoms with E-state index in [2.05, 4.69) is 4.98 Å². The Balaban J connectivity index is 2.02. The average Bonchev–Trinajstić information content (AvgIpc) is 2.46. The molecule has 1 aliphatic heterocycles. The summed E-state index contributed by atoms with van der Waals surface area (Å²) in [6, 6.07) is 6.40. The minimum absolute atomic E-state index is 0.407. The van der Waals surface area contributed by atoms with Gasteiger partial charge >= 0.3 is 0 Å². The number of aromatic nitrogens is 1. The van der Waals surface area contributed by atoms with Gasteiger partial charge in [0.25, 0.3) is 0 Å². The van der Waals surface area contributed by atoms with Gasteiger partial charge in [0.2, 0.25) is 0 Å². The molecule has 4 nitrogen and oxygen atoms in total. The van der Waals surface area contributed by atoms with Gasteiger partial charge in [-0.3, -0.25) is 4.98 Å². The minimum Gasteiger partial charge on any atom is -0.486 e. The number of para-hydroxylation sites is 1. The molecule has 0 aliphatic carbocycles. The highest BCUT2D eigenvalue weighted by Gasteiger charge is 2.21. The van der Waals surface area contributed by atoms with Crippen LogP contribution >= 0.6 is 0 Å². The van der Waals surface area contributed by atoms with Crippen molar-refractivity contribution in [1.29, 1.82) is 0 Å². The first-order chi connectivity index (χ1) is 9.25. The van der Waals surface area contributed by atoms with E-state index in [0.29, 0.717) is 30.3 Å². The summed E-state index contributed by atoms with van der Waals surface area (Å²) in [5.41, 5.74) is 7.53. The molecule has 2 heterocycles. The number of fused-ring (bicyclic) bond motifs is 1. The zero-order valence-corrected chi connectivity index (χ0v) is 10.2. The first kappa shape index (κ1) is 11.9. The summed E-state index contributed by atoms with van der Waals surface area (Å²) in [4.78, 5) is 3.82. The molecule has 5 heteroatoms. The van der Waals surface area contributed by atoms with E-state index in [1.165, 1.54) is 6.07 Å². The van der Waals surface area contributed by atoms with Crippen LogP contribution in [0.5, 0.6) is 11.5 Å². The Bertz CT molecular complexity index is 604. The molecule has 1 aromatic heterocycles. The predicted octanol–water partition coefficient (Wildman–Crippen LogP) is 2.04. The van der Waals surface area contributed by atoms with Crippen molar-refractivity contribution in [3.05, 3.63) is 53.6 Å². The first-order valence-electron chi connectivity index (χ1n) is 6.00. The van der Waals surface area contributed by atoms with Gasteiger partial charge in [-0.05, 0) is 17.7 Å². The number of benzene rings is 1. The quantitative estimate of drug-likeness (QED) is 0.897. The zero-order chi connectivity index (χ0) is 13.2. The third-order valence-electron chi connectivity index (χ3n) is 3.02. The molecule has 0 saturated carbocycles. The maximum Gasteiger partial charge on any atom is 0.166 e. The van der Waals surface area contributed by atoms with Crippen molar-refractivity contribution in [3.63, 3.8) is 0 Å². The Morgan fingerprint density at radius 2 is 2.05 bits per heavy atom. The highest BCUT2D eigenvalue weighted by molar-refractivity contribution is 5.51. The molecule has 0 radical (unpaired) electrons. The van der Waals surface area contributed by atoms with E-state index in [-0.39, 0.29) is 0 Å². The third-order valence-corrected chi connectivity index (χ3v) is 3.02. The normalized spacial score (nSPS) is 15.1. The van der Waals surface area contributed by atoms with Gasteiger partial charge in [0.15, 0.2) is 11.5 Å². The molecule has 2 N–H and O–H groups in total. The Morgan fingerprint density at radius 3 is 2.89 bits per heavy atom. The number of hydrogen-bond acceptors (Lipinski definition) is 4. The molecule has 19 heavy (non-hydrogen) atoms.